The van der Waals surface area contributed by atoms with E-state index in [4.69, 9.17) is 0 Å². The van der Waals surface area contributed by atoms with E-state index in [0.29, 0.717) is 13.5 Å². The average molecular weight is 274 g/mol. The lowest BCUT2D eigenvalue weighted by atomic mass is 9.77. The van der Waals surface area contributed by atoms with Crippen molar-refractivity contribution in [2.45, 2.75) is 30.8 Å². The van der Waals surface area contributed by atoms with Crippen molar-refractivity contribution in [1.29, 1.82) is 0 Å². The first-order valence-electron chi connectivity index (χ1n) is 5.50. The zero-order valence-electron chi connectivity index (χ0n) is 9.48. The summed E-state index contributed by atoms with van der Waals surface area (Å²) < 4.78 is 81.9. The molecule has 0 aromatic carbocycles. The van der Waals surface area contributed by atoms with Crippen molar-refractivity contribution in [1.82, 2.24) is 0 Å². The van der Waals surface area contributed by atoms with Crippen molar-refractivity contribution in [3.05, 3.63) is 12.2 Å². The average Bonchev–Trinajstić information content (AvgIpc) is 2.76. The molecule has 1 nitrogen and oxygen atoms in total. The van der Waals surface area contributed by atoms with Gasteiger partial charge in [0.15, 0.2) is 0 Å². The molecule has 18 heavy (non-hydrogen) atoms. The van der Waals surface area contributed by atoms with Crippen LogP contribution in [0, 0.1) is 17.8 Å². The SMILES string of the molecule is COC(C1CC2C=CC1C2)(C(F)(F)F)C(F)(F)F. The van der Waals surface area contributed by atoms with E-state index in [-0.39, 0.29) is 12.3 Å². The predicted octanol–water partition coefficient (Wildman–Crippen LogP) is 3.71. The fourth-order valence-corrected chi connectivity index (χ4v) is 3.21. The second-order valence-electron chi connectivity index (χ2n) is 4.82. The summed E-state index contributed by atoms with van der Waals surface area (Å²) in [5.74, 6) is -2.49. The Morgan fingerprint density at radius 2 is 1.50 bits per heavy atom. The van der Waals surface area contributed by atoms with Crippen molar-refractivity contribution in [2.24, 2.45) is 17.8 Å². The molecule has 1 fully saturated rings. The van der Waals surface area contributed by atoms with E-state index in [1.54, 1.807) is 6.08 Å². The van der Waals surface area contributed by atoms with Gasteiger partial charge in [0.1, 0.15) is 0 Å². The molecule has 0 radical (unpaired) electrons. The highest BCUT2D eigenvalue weighted by Gasteiger charge is 2.76. The van der Waals surface area contributed by atoms with Gasteiger partial charge in [0.2, 0.25) is 0 Å². The molecule has 7 heteroatoms. The quantitative estimate of drug-likeness (QED) is 0.551. The molecule has 0 N–H and O–H groups in total. The van der Waals surface area contributed by atoms with Crippen LogP contribution in [0.1, 0.15) is 12.8 Å². The molecule has 0 heterocycles. The van der Waals surface area contributed by atoms with E-state index in [9.17, 15) is 26.3 Å². The zero-order chi connectivity index (χ0) is 13.8. The molecule has 2 aliphatic rings. The van der Waals surface area contributed by atoms with Gasteiger partial charge >= 0.3 is 12.4 Å². The summed E-state index contributed by atoms with van der Waals surface area (Å²) >= 11 is 0. The number of hydrogen-bond donors (Lipinski definition) is 0. The standard InChI is InChI=1S/C11H12F6O/c1-18-9(10(12,13)14,11(15,16)17)8-5-6-2-3-7(8)4-6/h2-3,6-8H,4-5H2,1H3. The van der Waals surface area contributed by atoms with Gasteiger partial charge in [-0.25, -0.2) is 0 Å². The summed E-state index contributed by atoms with van der Waals surface area (Å²) in [6, 6.07) is 0. The molecule has 2 bridgehead atoms. The summed E-state index contributed by atoms with van der Waals surface area (Å²) in [4.78, 5) is 0. The lowest BCUT2D eigenvalue weighted by Gasteiger charge is -2.42. The van der Waals surface area contributed by atoms with Gasteiger partial charge in [0.05, 0.1) is 0 Å². The molecule has 2 rings (SSSR count). The number of hydrogen-bond acceptors (Lipinski definition) is 1. The Kier molecular flexibility index (Phi) is 2.96. The highest BCUT2D eigenvalue weighted by atomic mass is 19.4. The number of rotatable bonds is 2. The first-order valence-corrected chi connectivity index (χ1v) is 5.50. The van der Waals surface area contributed by atoms with Crippen molar-refractivity contribution >= 4 is 0 Å². The Hall–Kier alpha value is -0.720. The molecule has 1 saturated carbocycles. The van der Waals surface area contributed by atoms with Gasteiger partial charge in [0.25, 0.3) is 5.60 Å². The van der Waals surface area contributed by atoms with E-state index < -0.39 is 29.8 Å². The van der Waals surface area contributed by atoms with Crippen LogP contribution in [-0.2, 0) is 4.74 Å². The third-order valence-electron chi connectivity index (χ3n) is 3.97. The molecule has 0 aromatic heterocycles. The van der Waals surface area contributed by atoms with Crippen molar-refractivity contribution in [3.63, 3.8) is 0 Å². The third kappa shape index (κ3) is 1.66. The largest absolute Gasteiger partial charge is 0.426 e. The molecule has 0 spiro atoms. The Morgan fingerprint density at radius 3 is 1.78 bits per heavy atom. The second kappa shape index (κ2) is 3.88. The number of allylic oxidation sites excluding steroid dienone is 2. The first-order chi connectivity index (χ1) is 8.13. The van der Waals surface area contributed by atoms with Crippen LogP contribution in [0.4, 0.5) is 26.3 Å². The predicted molar refractivity (Wildman–Crippen MR) is 50.7 cm³/mol. The highest BCUT2D eigenvalue weighted by Crippen LogP contribution is 2.59. The van der Waals surface area contributed by atoms with Crippen molar-refractivity contribution in [3.8, 4) is 0 Å². The Balaban J connectivity index is 2.46. The number of ether oxygens (including phenoxy) is 1. The van der Waals surface area contributed by atoms with Crippen LogP contribution >= 0.6 is 0 Å². The smallest absolute Gasteiger partial charge is 0.361 e. The molecular formula is C11H12F6O. The van der Waals surface area contributed by atoms with Crippen LogP contribution in [0.2, 0.25) is 0 Å². The lowest BCUT2D eigenvalue weighted by molar-refractivity contribution is -0.393. The van der Waals surface area contributed by atoms with Crippen LogP contribution in [0.3, 0.4) is 0 Å². The van der Waals surface area contributed by atoms with Gasteiger partial charge < -0.3 is 4.74 Å². The van der Waals surface area contributed by atoms with Crippen LogP contribution in [-0.4, -0.2) is 25.1 Å². The fraction of sp³-hybridized carbons (Fsp3) is 0.818. The molecule has 0 aliphatic heterocycles. The lowest BCUT2D eigenvalue weighted by Crippen LogP contribution is -2.63. The number of methoxy groups -OCH3 is 1. The second-order valence-corrected chi connectivity index (χ2v) is 4.82. The van der Waals surface area contributed by atoms with Crippen LogP contribution < -0.4 is 0 Å². The monoisotopic (exact) mass is 274 g/mol. The summed E-state index contributed by atoms with van der Waals surface area (Å²) in [6.07, 6.45) is -7.58. The summed E-state index contributed by atoms with van der Waals surface area (Å²) in [7, 11) is 0.483. The van der Waals surface area contributed by atoms with Gasteiger partial charge in [-0.3, -0.25) is 0 Å². The topological polar surface area (TPSA) is 9.23 Å². The maximum absolute atomic E-state index is 13.0. The highest BCUT2D eigenvalue weighted by molar-refractivity contribution is 5.17. The summed E-state index contributed by atoms with van der Waals surface area (Å²) in [6.45, 7) is 0. The zero-order valence-corrected chi connectivity index (χ0v) is 9.48. The Morgan fingerprint density at radius 1 is 0.944 bits per heavy atom. The minimum atomic E-state index is -5.47. The van der Waals surface area contributed by atoms with Crippen LogP contribution in [0.25, 0.3) is 0 Å². The van der Waals surface area contributed by atoms with Gasteiger partial charge in [0, 0.05) is 13.0 Å². The van der Waals surface area contributed by atoms with Crippen LogP contribution in [0.15, 0.2) is 12.2 Å². The first kappa shape index (κ1) is 13.7. The number of alkyl halides is 6. The third-order valence-corrected chi connectivity index (χ3v) is 3.97. The molecule has 0 aromatic rings. The van der Waals surface area contributed by atoms with E-state index in [1.165, 1.54) is 6.08 Å². The normalized spacial score (nSPS) is 32.3. The van der Waals surface area contributed by atoms with Crippen molar-refractivity contribution < 1.29 is 31.1 Å². The van der Waals surface area contributed by atoms with E-state index in [0.717, 1.165) is 0 Å². The molecule has 3 atom stereocenters. The Labute approximate surface area is 99.8 Å². The molecular weight excluding hydrogens is 262 g/mol. The van der Waals surface area contributed by atoms with E-state index in [1.807, 2.05) is 0 Å². The Bertz CT molecular complexity index is 342. The van der Waals surface area contributed by atoms with Crippen molar-refractivity contribution in [2.75, 3.05) is 7.11 Å². The number of halogens is 6. The molecule has 3 unspecified atom stereocenters. The minimum absolute atomic E-state index is 0.131. The molecule has 0 amide bonds. The summed E-state index contributed by atoms with van der Waals surface area (Å²) in [5.41, 5.74) is -4.05. The van der Waals surface area contributed by atoms with Gasteiger partial charge in [-0.1, -0.05) is 12.2 Å². The van der Waals surface area contributed by atoms with Gasteiger partial charge in [-0.15, -0.1) is 0 Å². The maximum Gasteiger partial charge on any atom is 0.426 e. The number of fused-ring (bicyclic) bond motifs is 2. The molecule has 104 valence electrons. The van der Waals surface area contributed by atoms with Gasteiger partial charge in [-0.2, -0.15) is 26.3 Å². The van der Waals surface area contributed by atoms with E-state index >= 15 is 0 Å². The molecule has 2 aliphatic carbocycles. The minimum Gasteiger partial charge on any atom is -0.361 e. The summed E-state index contributed by atoms with van der Waals surface area (Å²) in [5, 5.41) is 0. The fourth-order valence-electron chi connectivity index (χ4n) is 3.21. The maximum atomic E-state index is 13.0. The van der Waals surface area contributed by atoms with Crippen LogP contribution in [0.5, 0.6) is 0 Å². The van der Waals surface area contributed by atoms with Gasteiger partial charge in [-0.05, 0) is 24.7 Å². The van der Waals surface area contributed by atoms with E-state index in [2.05, 4.69) is 4.74 Å². The molecule has 0 saturated heterocycles.